The second-order valence-corrected chi connectivity index (χ2v) is 6.96. The Morgan fingerprint density at radius 2 is 2.00 bits per heavy atom. The van der Waals surface area contributed by atoms with Crippen LogP contribution in [0.2, 0.25) is 0 Å². The zero-order valence-electron chi connectivity index (χ0n) is 15.6. The Labute approximate surface area is 163 Å². The standard InChI is InChI=1S/C22H20FN5/c1-15-8-17(10-24)12-27-22(15)28-7-6-21-18(14-28)9-20(13-26-21)25-11-16-2-4-19(23)5-3-16/h2-5,8-9,12-13,25H,6-7,11,14H2,1H3. The van der Waals surface area contributed by atoms with Crippen molar-refractivity contribution in [1.29, 1.82) is 5.26 Å². The fourth-order valence-corrected chi connectivity index (χ4v) is 3.47. The lowest BCUT2D eigenvalue weighted by atomic mass is 10.0. The van der Waals surface area contributed by atoms with E-state index in [9.17, 15) is 4.39 Å². The number of fused-ring (bicyclic) bond motifs is 1. The summed E-state index contributed by atoms with van der Waals surface area (Å²) in [5, 5.41) is 12.4. The van der Waals surface area contributed by atoms with Crippen LogP contribution >= 0.6 is 0 Å². The molecule has 1 aliphatic rings. The highest BCUT2D eigenvalue weighted by molar-refractivity contribution is 5.53. The summed E-state index contributed by atoms with van der Waals surface area (Å²) in [6.45, 7) is 4.18. The highest BCUT2D eigenvalue weighted by atomic mass is 19.1. The Kier molecular flexibility index (Phi) is 4.90. The highest BCUT2D eigenvalue weighted by Crippen LogP contribution is 2.26. The van der Waals surface area contributed by atoms with Crippen molar-refractivity contribution < 1.29 is 4.39 Å². The summed E-state index contributed by atoms with van der Waals surface area (Å²) in [5.74, 6) is 0.681. The topological polar surface area (TPSA) is 64.8 Å². The molecule has 0 fully saturated rings. The van der Waals surface area contributed by atoms with Gasteiger partial charge in [-0.1, -0.05) is 12.1 Å². The molecule has 0 unspecified atom stereocenters. The van der Waals surface area contributed by atoms with Gasteiger partial charge < -0.3 is 10.2 Å². The lowest BCUT2D eigenvalue weighted by Crippen LogP contribution is -2.32. The monoisotopic (exact) mass is 373 g/mol. The summed E-state index contributed by atoms with van der Waals surface area (Å²) in [4.78, 5) is 11.3. The van der Waals surface area contributed by atoms with Gasteiger partial charge in [-0.25, -0.2) is 9.37 Å². The molecule has 5 nitrogen and oxygen atoms in total. The third-order valence-corrected chi connectivity index (χ3v) is 4.93. The van der Waals surface area contributed by atoms with E-state index in [0.717, 1.165) is 47.8 Å². The van der Waals surface area contributed by atoms with E-state index >= 15 is 0 Å². The molecule has 1 N–H and O–H groups in total. The number of nitriles is 1. The van der Waals surface area contributed by atoms with Crippen LogP contribution in [-0.4, -0.2) is 16.5 Å². The van der Waals surface area contributed by atoms with E-state index < -0.39 is 0 Å². The molecule has 1 aromatic carbocycles. The van der Waals surface area contributed by atoms with Gasteiger partial charge in [0.25, 0.3) is 0 Å². The van der Waals surface area contributed by atoms with Crippen molar-refractivity contribution in [2.75, 3.05) is 16.8 Å². The van der Waals surface area contributed by atoms with Gasteiger partial charge in [0.1, 0.15) is 17.7 Å². The van der Waals surface area contributed by atoms with Crippen LogP contribution in [0.3, 0.4) is 0 Å². The van der Waals surface area contributed by atoms with Crippen molar-refractivity contribution in [2.24, 2.45) is 0 Å². The van der Waals surface area contributed by atoms with Gasteiger partial charge in [0.2, 0.25) is 0 Å². The van der Waals surface area contributed by atoms with E-state index in [1.807, 2.05) is 19.2 Å². The van der Waals surface area contributed by atoms with Gasteiger partial charge in [0.05, 0.1) is 17.4 Å². The third kappa shape index (κ3) is 3.79. The fourth-order valence-electron chi connectivity index (χ4n) is 3.47. The summed E-state index contributed by atoms with van der Waals surface area (Å²) < 4.78 is 13.0. The van der Waals surface area contributed by atoms with Gasteiger partial charge in [0.15, 0.2) is 0 Å². The van der Waals surface area contributed by atoms with Crippen molar-refractivity contribution in [3.8, 4) is 6.07 Å². The van der Waals surface area contributed by atoms with Gasteiger partial charge in [-0.15, -0.1) is 0 Å². The number of rotatable bonds is 4. The zero-order valence-corrected chi connectivity index (χ0v) is 15.6. The van der Waals surface area contributed by atoms with Crippen molar-refractivity contribution >= 4 is 11.5 Å². The molecule has 0 aliphatic carbocycles. The first-order valence-corrected chi connectivity index (χ1v) is 9.20. The third-order valence-electron chi connectivity index (χ3n) is 4.93. The smallest absolute Gasteiger partial charge is 0.131 e. The maximum atomic E-state index is 13.0. The minimum Gasteiger partial charge on any atom is -0.380 e. The minimum atomic E-state index is -0.231. The quantitative estimate of drug-likeness (QED) is 0.750. The van der Waals surface area contributed by atoms with E-state index in [-0.39, 0.29) is 5.82 Å². The number of pyridine rings is 2. The van der Waals surface area contributed by atoms with Crippen LogP contribution in [0.25, 0.3) is 0 Å². The molecule has 0 amide bonds. The Morgan fingerprint density at radius 3 is 2.75 bits per heavy atom. The molecule has 0 saturated heterocycles. The summed E-state index contributed by atoms with van der Waals surface area (Å²) in [6.07, 6.45) is 4.33. The molecule has 0 bridgehead atoms. The maximum absolute atomic E-state index is 13.0. The molecule has 3 aromatic rings. The Balaban J connectivity index is 1.49. The lowest BCUT2D eigenvalue weighted by Gasteiger charge is -2.30. The fraction of sp³-hybridized carbons (Fsp3) is 0.227. The number of aromatic nitrogens is 2. The normalized spacial score (nSPS) is 13.0. The number of halogens is 1. The van der Waals surface area contributed by atoms with E-state index in [4.69, 9.17) is 5.26 Å². The number of aryl methyl sites for hydroxylation is 1. The van der Waals surface area contributed by atoms with Crippen LogP contribution in [0.4, 0.5) is 15.9 Å². The minimum absolute atomic E-state index is 0.231. The second-order valence-electron chi connectivity index (χ2n) is 6.96. The van der Waals surface area contributed by atoms with Crippen LogP contribution in [0.15, 0.2) is 48.8 Å². The van der Waals surface area contributed by atoms with Gasteiger partial charge in [-0.3, -0.25) is 4.98 Å². The SMILES string of the molecule is Cc1cc(C#N)cnc1N1CCc2ncc(NCc3ccc(F)cc3)cc2C1. The molecule has 0 saturated carbocycles. The van der Waals surface area contributed by atoms with Crippen molar-refractivity contribution in [3.63, 3.8) is 0 Å². The van der Waals surface area contributed by atoms with Gasteiger partial charge >= 0.3 is 0 Å². The van der Waals surface area contributed by atoms with E-state index in [1.165, 1.54) is 17.7 Å². The van der Waals surface area contributed by atoms with Gasteiger partial charge in [0, 0.05) is 37.9 Å². The first-order valence-electron chi connectivity index (χ1n) is 9.20. The molecular formula is C22H20FN5. The van der Waals surface area contributed by atoms with Crippen molar-refractivity contribution in [1.82, 2.24) is 9.97 Å². The number of hydrogen-bond acceptors (Lipinski definition) is 5. The van der Waals surface area contributed by atoms with Crippen LogP contribution in [0, 0.1) is 24.1 Å². The summed E-state index contributed by atoms with van der Waals surface area (Å²) in [6, 6.07) is 12.6. The molecule has 6 heteroatoms. The molecular weight excluding hydrogens is 353 g/mol. The highest BCUT2D eigenvalue weighted by Gasteiger charge is 2.20. The summed E-state index contributed by atoms with van der Waals surface area (Å²) in [7, 11) is 0. The number of nitrogens with one attached hydrogen (secondary N) is 1. The number of nitrogens with zero attached hydrogens (tertiary/aromatic N) is 4. The molecule has 140 valence electrons. The second kappa shape index (κ2) is 7.65. The van der Waals surface area contributed by atoms with Gasteiger partial charge in [-0.05, 0) is 47.9 Å². The van der Waals surface area contributed by atoms with Crippen molar-refractivity contribution in [3.05, 3.63) is 82.6 Å². The number of hydrogen-bond donors (Lipinski definition) is 1. The van der Waals surface area contributed by atoms with Crippen LogP contribution < -0.4 is 10.2 Å². The van der Waals surface area contributed by atoms with Crippen LogP contribution in [0.1, 0.15) is 27.9 Å². The Morgan fingerprint density at radius 1 is 1.18 bits per heavy atom. The van der Waals surface area contributed by atoms with E-state index in [2.05, 4.69) is 32.3 Å². The Hall–Kier alpha value is -3.46. The molecule has 0 spiro atoms. The van der Waals surface area contributed by atoms with E-state index in [0.29, 0.717) is 12.1 Å². The summed E-state index contributed by atoms with van der Waals surface area (Å²) in [5.41, 5.74) is 5.80. The molecule has 1 aliphatic heterocycles. The summed E-state index contributed by atoms with van der Waals surface area (Å²) >= 11 is 0. The van der Waals surface area contributed by atoms with Crippen LogP contribution in [-0.2, 0) is 19.5 Å². The van der Waals surface area contributed by atoms with Gasteiger partial charge in [-0.2, -0.15) is 5.26 Å². The largest absolute Gasteiger partial charge is 0.380 e. The molecule has 0 radical (unpaired) electrons. The predicted molar refractivity (Wildman–Crippen MR) is 106 cm³/mol. The molecule has 3 heterocycles. The van der Waals surface area contributed by atoms with Crippen LogP contribution in [0.5, 0.6) is 0 Å². The lowest BCUT2D eigenvalue weighted by molar-refractivity contribution is 0.627. The number of anilines is 2. The van der Waals surface area contributed by atoms with Crippen molar-refractivity contribution in [2.45, 2.75) is 26.4 Å². The first-order chi connectivity index (χ1) is 13.6. The maximum Gasteiger partial charge on any atom is 0.131 e. The Bertz CT molecular complexity index is 1040. The molecule has 0 atom stereocenters. The zero-order chi connectivity index (χ0) is 19.5. The molecule has 2 aromatic heterocycles. The average Bonchev–Trinajstić information content (AvgIpc) is 2.72. The molecule has 4 rings (SSSR count). The molecule has 28 heavy (non-hydrogen) atoms. The average molecular weight is 373 g/mol. The number of benzene rings is 1. The first kappa shape index (κ1) is 17.9. The van der Waals surface area contributed by atoms with E-state index in [1.54, 1.807) is 18.3 Å². The predicted octanol–water partition coefficient (Wildman–Crippen LogP) is 3.97.